The Morgan fingerprint density at radius 2 is 2.06 bits per heavy atom. The Morgan fingerprint density at radius 1 is 1.35 bits per heavy atom. The smallest absolute Gasteiger partial charge is 0.124 e. The molecule has 1 unspecified atom stereocenters. The summed E-state index contributed by atoms with van der Waals surface area (Å²) in [6.45, 7) is 6.31. The lowest BCUT2D eigenvalue weighted by atomic mass is 9.87. The van der Waals surface area contributed by atoms with E-state index in [-0.39, 0.29) is 11.5 Å². The Kier molecular flexibility index (Phi) is 2.83. The topological polar surface area (TPSA) is 63.9 Å². The lowest BCUT2D eigenvalue weighted by molar-refractivity contribution is 0.317. The van der Waals surface area contributed by atoms with Crippen molar-refractivity contribution in [3.63, 3.8) is 0 Å². The van der Waals surface area contributed by atoms with E-state index >= 15 is 0 Å². The highest BCUT2D eigenvalue weighted by Gasteiger charge is 2.25. The first kappa shape index (κ1) is 11.9. The molecule has 1 atom stereocenters. The molecular weight excluding hydrogens is 214 g/mol. The van der Waals surface area contributed by atoms with Crippen molar-refractivity contribution in [1.29, 1.82) is 0 Å². The Labute approximate surface area is 101 Å². The fourth-order valence-electron chi connectivity index (χ4n) is 1.69. The Morgan fingerprint density at radius 3 is 2.65 bits per heavy atom. The molecule has 2 aromatic rings. The molecule has 2 rings (SSSR count). The first-order chi connectivity index (χ1) is 7.91. The van der Waals surface area contributed by atoms with Gasteiger partial charge in [0.05, 0.1) is 24.2 Å². The summed E-state index contributed by atoms with van der Waals surface area (Å²) in [7, 11) is 1.65. The van der Waals surface area contributed by atoms with Crippen molar-refractivity contribution in [3.05, 3.63) is 24.0 Å². The molecule has 4 heteroatoms. The van der Waals surface area contributed by atoms with E-state index in [1.165, 1.54) is 0 Å². The average Bonchev–Trinajstić information content (AvgIpc) is 2.68. The van der Waals surface area contributed by atoms with E-state index in [4.69, 9.17) is 10.5 Å². The third-order valence-corrected chi connectivity index (χ3v) is 2.93. The van der Waals surface area contributed by atoms with Crippen LogP contribution in [0, 0.1) is 5.41 Å². The molecule has 0 aliphatic heterocycles. The van der Waals surface area contributed by atoms with Crippen LogP contribution < -0.4 is 10.5 Å². The minimum atomic E-state index is -0.110. The van der Waals surface area contributed by atoms with Gasteiger partial charge in [-0.25, -0.2) is 4.98 Å². The molecule has 0 aliphatic rings. The first-order valence-corrected chi connectivity index (χ1v) is 5.71. The lowest BCUT2D eigenvalue weighted by Crippen LogP contribution is -2.27. The number of nitrogens with two attached hydrogens (primary N) is 1. The highest BCUT2D eigenvalue weighted by atomic mass is 16.5. The van der Waals surface area contributed by atoms with Crippen LogP contribution in [-0.2, 0) is 0 Å². The summed E-state index contributed by atoms with van der Waals surface area (Å²) in [6.07, 6.45) is 0. The largest absolute Gasteiger partial charge is 0.497 e. The van der Waals surface area contributed by atoms with E-state index in [2.05, 4.69) is 30.7 Å². The summed E-state index contributed by atoms with van der Waals surface area (Å²) in [4.78, 5) is 7.78. The quantitative estimate of drug-likeness (QED) is 0.838. The molecule has 17 heavy (non-hydrogen) atoms. The first-order valence-electron chi connectivity index (χ1n) is 5.71. The minimum absolute atomic E-state index is 0.0159. The van der Waals surface area contributed by atoms with Gasteiger partial charge in [-0.3, -0.25) is 0 Å². The van der Waals surface area contributed by atoms with E-state index in [1.54, 1.807) is 7.11 Å². The average molecular weight is 233 g/mol. The van der Waals surface area contributed by atoms with E-state index < -0.39 is 0 Å². The number of hydrogen-bond donors (Lipinski definition) is 2. The molecule has 92 valence electrons. The number of benzene rings is 1. The summed E-state index contributed by atoms with van der Waals surface area (Å²) in [6, 6.07) is 5.65. The second kappa shape index (κ2) is 4.04. The summed E-state index contributed by atoms with van der Waals surface area (Å²) < 4.78 is 5.18. The molecular formula is C13H19N3O. The van der Waals surface area contributed by atoms with Crippen molar-refractivity contribution < 1.29 is 4.74 Å². The van der Waals surface area contributed by atoms with Gasteiger partial charge in [0.15, 0.2) is 0 Å². The van der Waals surface area contributed by atoms with Crippen molar-refractivity contribution >= 4 is 11.0 Å². The van der Waals surface area contributed by atoms with E-state index in [0.29, 0.717) is 0 Å². The van der Waals surface area contributed by atoms with Crippen LogP contribution in [0.5, 0.6) is 5.75 Å². The van der Waals surface area contributed by atoms with Crippen LogP contribution in [0.2, 0.25) is 0 Å². The van der Waals surface area contributed by atoms with Crippen LogP contribution >= 0.6 is 0 Å². The van der Waals surface area contributed by atoms with Gasteiger partial charge >= 0.3 is 0 Å². The number of ether oxygens (including phenoxy) is 1. The number of nitrogens with zero attached hydrogens (tertiary/aromatic N) is 1. The maximum Gasteiger partial charge on any atom is 0.124 e. The van der Waals surface area contributed by atoms with Crippen molar-refractivity contribution in [2.75, 3.05) is 7.11 Å². The molecule has 0 aliphatic carbocycles. The van der Waals surface area contributed by atoms with Gasteiger partial charge < -0.3 is 15.5 Å². The van der Waals surface area contributed by atoms with Crippen LogP contribution in [0.15, 0.2) is 18.2 Å². The zero-order valence-corrected chi connectivity index (χ0v) is 10.7. The third-order valence-electron chi connectivity index (χ3n) is 2.93. The molecule has 0 bridgehead atoms. The fourth-order valence-corrected chi connectivity index (χ4v) is 1.69. The molecule has 0 saturated carbocycles. The van der Waals surface area contributed by atoms with Crippen LogP contribution in [0.1, 0.15) is 32.6 Å². The zero-order chi connectivity index (χ0) is 12.6. The number of imidazole rings is 1. The van der Waals surface area contributed by atoms with Gasteiger partial charge in [0.25, 0.3) is 0 Å². The van der Waals surface area contributed by atoms with Gasteiger partial charge in [-0.15, -0.1) is 0 Å². The monoisotopic (exact) mass is 233 g/mol. The van der Waals surface area contributed by atoms with Gasteiger partial charge in [-0.2, -0.15) is 0 Å². The van der Waals surface area contributed by atoms with Gasteiger partial charge in [0.2, 0.25) is 0 Å². The van der Waals surface area contributed by atoms with Gasteiger partial charge in [0, 0.05) is 6.07 Å². The number of H-pyrrole nitrogens is 1. The number of rotatable bonds is 2. The number of hydrogen-bond acceptors (Lipinski definition) is 3. The number of nitrogens with one attached hydrogen (secondary N) is 1. The minimum Gasteiger partial charge on any atom is -0.497 e. The van der Waals surface area contributed by atoms with Crippen LogP contribution in [0.3, 0.4) is 0 Å². The van der Waals surface area contributed by atoms with E-state index in [9.17, 15) is 0 Å². The van der Waals surface area contributed by atoms with Crippen molar-refractivity contribution in [3.8, 4) is 5.75 Å². The Balaban J connectivity index is 2.44. The SMILES string of the molecule is COc1ccc2nc(C(N)C(C)(C)C)[nH]c2c1. The molecule has 0 amide bonds. The second-order valence-corrected chi connectivity index (χ2v) is 5.35. The number of aromatic nitrogens is 2. The maximum absolute atomic E-state index is 6.18. The van der Waals surface area contributed by atoms with Gasteiger partial charge in [0.1, 0.15) is 11.6 Å². The van der Waals surface area contributed by atoms with Crippen LogP contribution in [0.4, 0.5) is 0 Å². The third kappa shape index (κ3) is 2.26. The summed E-state index contributed by atoms with van der Waals surface area (Å²) in [5.41, 5.74) is 8.04. The highest BCUT2D eigenvalue weighted by Crippen LogP contribution is 2.30. The maximum atomic E-state index is 6.18. The van der Waals surface area contributed by atoms with Crippen molar-refractivity contribution in [1.82, 2.24) is 9.97 Å². The van der Waals surface area contributed by atoms with E-state index in [1.807, 2.05) is 18.2 Å². The highest BCUT2D eigenvalue weighted by molar-refractivity contribution is 5.76. The predicted octanol–water partition coefficient (Wildman–Crippen LogP) is 2.62. The number of methoxy groups -OCH3 is 1. The summed E-state index contributed by atoms with van der Waals surface area (Å²) in [5, 5.41) is 0. The summed E-state index contributed by atoms with van der Waals surface area (Å²) in [5.74, 6) is 1.64. The predicted molar refractivity (Wildman–Crippen MR) is 69.0 cm³/mol. The van der Waals surface area contributed by atoms with Crippen LogP contribution in [-0.4, -0.2) is 17.1 Å². The zero-order valence-electron chi connectivity index (χ0n) is 10.7. The van der Waals surface area contributed by atoms with Crippen molar-refractivity contribution in [2.24, 2.45) is 11.1 Å². The molecule has 4 nitrogen and oxygen atoms in total. The number of fused-ring (bicyclic) bond motifs is 1. The molecule has 1 aromatic heterocycles. The molecule has 0 fully saturated rings. The van der Waals surface area contributed by atoms with E-state index in [0.717, 1.165) is 22.6 Å². The Hall–Kier alpha value is -1.55. The van der Waals surface area contributed by atoms with Gasteiger partial charge in [-0.1, -0.05) is 20.8 Å². The normalized spacial score (nSPS) is 13.9. The molecule has 3 N–H and O–H groups in total. The molecule has 1 heterocycles. The van der Waals surface area contributed by atoms with Crippen LogP contribution in [0.25, 0.3) is 11.0 Å². The molecule has 0 spiro atoms. The summed E-state index contributed by atoms with van der Waals surface area (Å²) >= 11 is 0. The molecule has 0 radical (unpaired) electrons. The number of aromatic amines is 1. The fraction of sp³-hybridized carbons (Fsp3) is 0.462. The van der Waals surface area contributed by atoms with Gasteiger partial charge in [-0.05, 0) is 17.5 Å². The Bertz CT molecular complexity index is 525. The standard InChI is InChI=1S/C13H19N3O/c1-13(2,3)11(14)12-15-9-6-5-8(17-4)7-10(9)16-12/h5-7,11H,14H2,1-4H3,(H,15,16). The molecule has 1 aromatic carbocycles. The second-order valence-electron chi connectivity index (χ2n) is 5.35. The molecule has 0 saturated heterocycles. The lowest BCUT2D eigenvalue weighted by Gasteiger charge is -2.24. The van der Waals surface area contributed by atoms with Crippen molar-refractivity contribution in [2.45, 2.75) is 26.8 Å².